The second-order valence-corrected chi connectivity index (χ2v) is 5.37. The Bertz CT molecular complexity index is 308. The Hall–Kier alpha value is -0.750. The van der Waals surface area contributed by atoms with Gasteiger partial charge in [-0.05, 0) is 20.8 Å². The first-order chi connectivity index (χ1) is 9.05. The summed E-state index contributed by atoms with van der Waals surface area (Å²) in [6.45, 7) is 5.13. The van der Waals surface area contributed by atoms with Gasteiger partial charge in [0, 0.05) is 6.42 Å². The lowest BCUT2D eigenvalue weighted by molar-refractivity contribution is -0.152. The number of ether oxygens (including phenoxy) is 2. The van der Waals surface area contributed by atoms with Crippen molar-refractivity contribution in [2.45, 2.75) is 33.0 Å². The van der Waals surface area contributed by atoms with E-state index in [0.29, 0.717) is 6.29 Å². The van der Waals surface area contributed by atoms with Gasteiger partial charge in [0.15, 0.2) is 0 Å². The highest BCUT2D eigenvalue weighted by Crippen LogP contribution is 2.53. The SMILES string of the molecule is CCOC(=O)C(OCCC=O)P(=O)(OCC)OCC. The minimum Gasteiger partial charge on any atom is -0.464 e. The van der Waals surface area contributed by atoms with Gasteiger partial charge in [-0.25, -0.2) is 4.79 Å². The number of hydrogen-bond donors (Lipinski definition) is 0. The lowest BCUT2D eigenvalue weighted by Crippen LogP contribution is -2.29. The van der Waals surface area contributed by atoms with Crippen LogP contribution in [-0.4, -0.2) is 44.5 Å². The van der Waals surface area contributed by atoms with Crippen LogP contribution < -0.4 is 0 Å². The van der Waals surface area contributed by atoms with Crippen LogP contribution >= 0.6 is 7.60 Å². The molecule has 112 valence electrons. The van der Waals surface area contributed by atoms with E-state index in [1.807, 2.05) is 0 Å². The lowest BCUT2D eigenvalue weighted by Gasteiger charge is -2.24. The predicted octanol–water partition coefficient (Wildman–Crippen LogP) is 1.75. The summed E-state index contributed by atoms with van der Waals surface area (Å²) >= 11 is 0. The fraction of sp³-hybridized carbons (Fsp3) is 0.818. The number of esters is 1. The molecule has 0 aromatic carbocycles. The van der Waals surface area contributed by atoms with Crippen LogP contribution in [0.15, 0.2) is 0 Å². The summed E-state index contributed by atoms with van der Waals surface area (Å²) in [5, 5.41) is 0. The average molecular weight is 296 g/mol. The van der Waals surface area contributed by atoms with Gasteiger partial charge in [0.25, 0.3) is 5.85 Å². The van der Waals surface area contributed by atoms with Crippen LogP contribution in [0.5, 0.6) is 0 Å². The second-order valence-electron chi connectivity index (χ2n) is 3.31. The van der Waals surface area contributed by atoms with Crippen LogP contribution in [0.2, 0.25) is 0 Å². The van der Waals surface area contributed by atoms with E-state index in [-0.39, 0.29) is 32.8 Å². The standard InChI is InChI=1S/C11H21O7P/c1-4-15-10(13)11(16-9-7-8-12)19(14,17-5-2)18-6-3/h8,11H,4-7,9H2,1-3H3. The Morgan fingerprint density at radius 2 is 1.74 bits per heavy atom. The highest BCUT2D eigenvalue weighted by Gasteiger charge is 2.43. The molecule has 0 heterocycles. The largest absolute Gasteiger partial charge is 0.464 e. The maximum absolute atomic E-state index is 12.5. The second kappa shape index (κ2) is 10.1. The van der Waals surface area contributed by atoms with Crippen LogP contribution in [-0.2, 0) is 32.7 Å². The molecule has 0 aliphatic rings. The van der Waals surface area contributed by atoms with Crippen LogP contribution in [0, 0.1) is 0 Å². The molecule has 0 amide bonds. The number of rotatable bonds is 11. The number of carbonyl (C=O) groups excluding carboxylic acids is 2. The van der Waals surface area contributed by atoms with Crippen molar-refractivity contribution in [3.8, 4) is 0 Å². The van der Waals surface area contributed by atoms with Gasteiger partial charge in [-0.3, -0.25) is 4.57 Å². The zero-order valence-electron chi connectivity index (χ0n) is 11.5. The number of carbonyl (C=O) groups is 2. The quantitative estimate of drug-likeness (QED) is 0.248. The molecule has 0 saturated carbocycles. The Morgan fingerprint density at radius 3 is 2.16 bits per heavy atom. The molecule has 0 N–H and O–H groups in total. The first-order valence-corrected chi connectivity index (χ1v) is 7.77. The van der Waals surface area contributed by atoms with Gasteiger partial charge in [-0.1, -0.05) is 0 Å². The molecule has 0 radical (unpaired) electrons. The number of hydrogen-bond acceptors (Lipinski definition) is 7. The molecule has 0 aromatic rings. The van der Waals surface area contributed by atoms with E-state index in [1.54, 1.807) is 20.8 Å². The maximum Gasteiger partial charge on any atom is 0.370 e. The molecule has 1 atom stereocenters. The molecule has 0 saturated heterocycles. The fourth-order valence-corrected chi connectivity index (χ4v) is 2.95. The maximum atomic E-state index is 12.5. The van der Waals surface area contributed by atoms with E-state index >= 15 is 0 Å². The fourth-order valence-electron chi connectivity index (χ4n) is 1.26. The molecular weight excluding hydrogens is 275 g/mol. The van der Waals surface area contributed by atoms with Gasteiger partial charge < -0.3 is 23.3 Å². The first kappa shape index (κ1) is 18.2. The summed E-state index contributed by atoms with van der Waals surface area (Å²) in [6, 6.07) is 0. The Labute approximate surface area is 113 Å². The van der Waals surface area contributed by atoms with Gasteiger partial charge >= 0.3 is 13.6 Å². The summed E-state index contributed by atoms with van der Waals surface area (Å²) in [6.07, 6.45) is 0.711. The number of aldehydes is 1. The van der Waals surface area contributed by atoms with Gasteiger partial charge in [0.2, 0.25) is 0 Å². The molecule has 1 unspecified atom stereocenters. The summed E-state index contributed by atoms with van der Waals surface area (Å²) < 4.78 is 32.5. The normalized spacial score (nSPS) is 13.0. The van der Waals surface area contributed by atoms with E-state index in [1.165, 1.54) is 0 Å². The lowest BCUT2D eigenvalue weighted by atomic mass is 10.5. The third kappa shape index (κ3) is 6.29. The van der Waals surface area contributed by atoms with Crippen molar-refractivity contribution >= 4 is 19.9 Å². The first-order valence-electron chi connectivity index (χ1n) is 6.16. The van der Waals surface area contributed by atoms with Gasteiger partial charge in [-0.2, -0.15) is 0 Å². The Morgan fingerprint density at radius 1 is 1.16 bits per heavy atom. The van der Waals surface area contributed by atoms with Crippen LogP contribution in [0.1, 0.15) is 27.2 Å². The van der Waals surface area contributed by atoms with Crippen molar-refractivity contribution in [2.24, 2.45) is 0 Å². The zero-order chi connectivity index (χ0) is 14.7. The van der Waals surface area contributed by atoms with Gasteiger partial charge in [0.1, 0.15) is 6.29 Å². The van der Waals surface area contributed by atoms with Crippen LogP contribution in [0.4, 0.5) is 0 Å². The Balaban J connectivity index is 4.97. The van der Waals surface area contributed by atoms with Crippen molar-refractivity contribution in [2.75, 3.05) is 26.4 Å². The summed E-state index contributed by atoms with van der Waals surface area (Å²) in [7, 11) is -3.77. The Kier molecular flexibility index (Phi) is 9.69. The molecule has 0 aromatic heterocycles. The predicted molar refractivity (Wildman–Crippen MR) is 67.9 cm³/mol. The van der Waals surface area contributed by atoms with Crippen molar-refractivity contribution < 1.29 is 32.7 Å². The highest BCUT2D eigenvalue weighted by molar-refractivity contribution is 7.55. The minimum absolute atomic E-state index is 0.0584. The van der Waals surface area contributed by atoms with Crippen LogP contribution in [0.3, 0.4) is 0 Å². The third-order valence-electron chi connectivity index (χ3n) is 1.90. The van der Waals surface area contributed by atoms with Gasteiger partial charge in [-0.15, -0.1) is 0 Å². The molecule has 8 heteroatoms. The third-order valence-corrected chi connectivity index (χ3v) is 4.08. The van der Waals surface area contributed by atoms with Crippen molar-refractivity contribution in [3.05, 3.63) is 0 Å². The minimum atomic E-state index is -3.77. The smallest absolute Gasteiger partial charge is 0.370 e. The molecule has 0 rings (SSSR count). The summed E-state index contributed by atoms with van der Waals surface area (Å²) in [5.74, 6) is -2.29. The van der Waals surface area contributed by atoms with E-state index < -0.39 is 19.4 Å². The average Bonchev–Trinajstić information content (AvgIpc) is 2.35. The highest BCUT2D eigenvalue weighted by atomic mass is 31.2. The van der Waals surface area contributed by atoms with E-state index in [0.717, 1.165) is 0 Å². The molecule has 0 bridgehead atoms. The molecule has 19 heavy (non-hydrogen) atoms. The molecule has 0 spiro atoms. The molecule has 0 aliphatic heterocycles. The van der Waals surface area contributed by atoms with Crippen molar-refractivity contribution in [1.82, 2.24) is 0 Å². The zero-order valence-corrected chi connectivity index (χ0v) is 12.4. The topological polar surface area (TPSA) is 88.1 Å². The van der Waals surface area contributed by atoms with Crippen LogP contribution in [0.25, 0.3) is 0 Å². The molecular formula is C11H21O7P. The van der Waals surface area contributed by atoms with E-state index in [2.05, 4.69) is 0 Å². The van der Waals surface area contributed by atoms with Crippen molar-refractivity contribution in [3.63, 3.8) is 0 Å². The summed E-state index contributed by atoms with van der Waals surface area (Å²) in [5.41, 5.74) is 0. The summed E-state index contributed by atoms with van der Waals surface area (Å²) in [4.78, 5) is 22.0. The van der Waals surface area contributed by atoms with E-state index in [4.69, 9.17) is 18.5 Å². The monoisotopic (exact) mass is 296 g/mol. The van der Waals surface area contributed by atoms with E-state index in [9.17, 15) is 14.2 Å². The van der Waals surface area contributed by atoms with Crippen molar-refractivity contribution in [1.29, 1.82) is 0 Å². The molecule has 0 fully saturated rings. The molecule has 0 aliphatic carbocycles. The molecule has 7 nitrogen and oxygen atoms in total. The van der Waals surface area contributed by atoms with Gasteiger partial charge in [0.05, 0.1) is 26.4 Å².